The molecule has 2 N–H and O–H groups in total. The Balaban J connectivity index is 1.56. The maximum Gasteiger partial charge on any atom is 0.0594 e. The van der Waals surface area contributed by atoms with Gasteiger partial charge in [0.15, 0.2) is 0 Å². The van der Waals surface area contributed by atoms with E-state index in [0.29, 0.717) is 39.9 Å². The van der Waals surface area contributed by atoms with Gasteiger partial charge in [0, 0.05) is 5.41 Å². The minimum atomic E-state index is -0.158. The molecule has 0 aliphatic heterocycles. The molecule has 3 heteroatoms. The Morgan fingerprint density at radius 3 is 2.24 bits per heavy atom. The molecule has 5 rings (SSSR count). The number of hydrogen-bond donors (Lipinski definition) is 2. The monoisotopic (exact) mass is 455 g/mol. The van der Waals surface area contributed by atoms with E-state index in [-0.39, 0.29) is 16.9 Å². The quantitative estimate of drug-likeness (QED) is 0.196. The van der Waals surface area contributed by atoms with Crippen molar-refractivity contribution in [2.45, 2.75) is 112 Å². The van der Waals surface area contributed by atoms with Crippen LogP contribution in [0.5, 0.6) is 0 Å². The predicted molar refractivity (Wildman–Crippen MR) is 135 cm³/mol. The molecule has 7 unspecified atom stereocenters. The van der Waals surface area contributed by atoms with Crippen LogP contribution in [0.25, 0.3) is 0 Å². The molecule has 5 aliphatic rings. The van der Waals surface area contributed by atoms with Crippen LogP contribution in [-0.2, 0) is 0 Å². The van der Waals surface area contributed by atoms with Crippen LogP contribution in [-0.4, -0.2) is 22.6 Å². The third-order valence-electron chi connectivity index (χ3n) is 13.4. The summed E-state index contributed by atoms with van der Waals surface area (Å²) in [6.45, 7) is 19.3. The summed E-state index contributed by atoms with van der Waals surface area (Å²) in [4.78, 5) is 0. The molecule has 0 aromatic carbocycles. The van der Waals surface area contributed by atoms with E-state index in [9.17, 15) is 10.3 Å². The van der Waals surface area contributed by atoms with Crippen LogP contribution in [0, 0.1) is 56.7 Å². The van der Waals surface area contributed by atoms with E-state index < -0.39 is 0 Å². The Hall–Kier alpha value is -0.830. The Bertz CT molecular complexity index is 848. The number of oxime groups is 1. The SMILES string of the molecule is C=C(C)C1CCC2(/C=N/O)CC[C@]3(C)C(CCC4[C@@]5(C)CCC(O)C(C)(C)C5CC[C@]43C)C12. The zero-order chi connectivity index (χ0) is 24.0. The van der Waals surface area contributed by atoms with Gasteiger partial charge in [0.05, 0.1) is 12.3 Å². The molecule has 186 valence electrons. The van der Waals surface area contributed by atoms with Crippen LogP contribution in [0.3, 0.4) is 0 Å². The van der Waals surface area contributed by atoms with Crippen LogP contribution in [0.1, 0.15) is 106 Å². The molecule has 0 aromatic heterocycles. The summed E-state index contributed by atoms with van der Waals surface area (Å²) >= 11 is 0. The van der Waals surface area contributed by atoms with Gasteiger partial charge in [0.1, 0.15) is 0 Å². The molecule has 0 aromatic rings. The van der Waals surface area contributed by atoms with Gasteiger partial charge in [0.25, 0.3) is 0 Å². The molecule has 3 nitrogen and oxygen atoms in total. The lowest BCUT2D eigenvalue weighted by molar-refractivity contribution is -0.243. The van der Waals surface area contributed by atoms with Crippen molar-refractivity contribution in [2.75, 3.05) is 0 Å². The number of aliphatic hydroxyl groups excluding tert-OH is 1. The van der Waals surface area contributed by atoms with Crippen molar-refractivity contribution in [3.63, 3.8) is 0 Å². The third-order valence-corrected chi connectivity index (χ3v) is 13.4. The lowest BCUT2D eigenvalue weighted by Gasteiger charge is -2.72. The van der Waals surface area contributed by atoms with Crippen molar-refractivity contribution in [1.82, 2.24) is 0 Å². The molecule has 0 spiro atoms. The summed E-state index contributed by atoms with van der Waals surface area (Å²) in [6, 6.07) is 0. The van der Waals surface area contributed by atoms with Crippen LogP contribution < -0.4 is 0 Å². The number of allylic oxidation sites excluding steroid dienone is 1. The van der Waals surface area contributed by atoms with E-state index in [1.165, 1.54) is 50.5 Å². The molecule has 5 aliphatic carbocycles. The molecule has 0 radical (unpaired) electrons. The Kier molecular flexibility index (Phi) is 5.31. The van der Waals surface area contributed by atoms with Crippen LogP contribution in [0.2, 0.25) is 0 Å². The number of hydrogen-bond acceptors (Lipinski definition) is 3. The topological polar surface area (TPSA) is 52.8 Å². The van der Waals surface area contributed by atoms with Crippen molar-refractivity contribution in [3.8, 4) is 0 Å². The zero-order valence-electron chi connectivity index (χ0n) is 22.2. The first kappa shape index (κ1) is 23.9. The fourth-order valence-electron chi connectivity index (χ4n) is 11.5. The molecule has 33 heavy (non-hydrogen) atoms. The highest BCUT2D eigenvalue weighted by Gasteiger charge is 2.70. The molecule has 0 heterocycles. The molecular weight excluding hydrogens is 406 g/mol. The summed E-state index contributed by atoms with van der Waals surface area (Å²) in [6.07, 6.45) is 13.9. The van der Waals surface area contributed by atoms with E-state index in [4.69, 9.17) is 0 Å². The number of rotatable bonds is 2. The smallest absolute Gasteiger partial charge is 0.0594 e. The van der Waals surface area contributed by atoms with Crippen LogP contribution >= 0.6 is 0 Å². The van der Waals surface area contributed by atoms with Crippen LogP contribution in [0.15, 0.2) is 17.3 Å². The fourth-order valence-corrected chi connectivity index (χ4v) is 11.5. The van der Waals surface area contributed by atoms with Crippen molar-refractivity contribution in [3.05, 3.63) is 12.2 Å². The van der Waals surface area contributed by atoms with Gasteiger partial charge >= 0.3 is 0 Å². The number of nitrogens with zero attached hydrogens (tertiary/aromatic N) is 1. The second-order valence-corrected chi connectivity index (χ2v) is 14.5. The van der Waals surface area contributed by atoms with Gasteiger partial charge in [0.2, 0.25) is 0 Å². The molecular formula is C30H49NO2. The third kappa shape index (κ3) is 2.87. The Labute approximate surface area is 202 Å². The second-order valence-electron chi connectivity index (χ2n) is 14.5. The lowest BCUT2D eigenvalue weighted by atomic mass is 9.32. The molecule has 5 fully saturated rings. The van der Waals surface area contributed by atoms with Crippen molar-refractivity contribution in [2.24, 2.45) is 61.8 Å². The van der Waals surface area contributed by atoms with Gasteiger partial charge in [-0.05, 0) is 122 Å². The van der Waals surface area contributed by atoms with Crippen molar-refractivity contribution >= 4 is 6.21 Å². The fraction of sp³-hybridized carbons (Fsp3) is 0.900. The molecule has 0 bridgehead atoms. The maximum absolute atomic E-state index is 10.9. The minimum Gasteiger partial charge on any atom is -0.411 e. The normalized spacial score (nSPS) is 55.4. The van der Waals surface area contributed by atoms with Crippen molar-refractivity contribution in [1.29, 1.82) is 0 Å². The van der Waals surface area contributed by atoms with Gasteiger partial charge < -0.3 is 10.3 Å². The predicted octanol–water partition coefficient (Wildman–Crippen LogP) is 7.46. The van der Waals surface area contributed by atoms with E-state index in [1.807, 2.05) is 6.21 Å². The highest BCUT2D eigenvalue weighted by molar-refractivity contribution is 5.67. The Morgan fingerprint density at radius 2 is 1.58 bits per heavy atom. The molecule has 10 atom stereocenters. The van der Waals surface area contributed by atoms with Gasteiger partial charge in [-0.3, -0.25) is 0 Å². The van der Waals surface area contributed by atoms with Crippen LogP contribution in [0.4, 0.5) is 0 Å². The summed E-state index contributed by atoms with van der Waals surface area (Å²) in [7, 11) is 0. The molecule has 5 saturated carbocycles. The second kappa shape index (κ2) is 7.34. The summed E-state index contributed by atoms with van der Waals surface area (Å²) in [5.41, 5.74) is 2.40. The van der Waals surface area contributed by atoms with Crippen molar-refractivity contribution < 1.29 is 10.3 Å². The van der Waals surface area contributed by atoms with Gasteiger partial charge in [-0.2, -0.15) is 0 Å². The Morgan fingerprint density at radius 1 is 0.848 bits per heavy atom. The van der Waals surface area contributed by atoms with E-state index in [0.717, 1.165) is 25.2 Å². The molecule has 0 saturated heterocycles. The van der Waals surface area contributed by atoms with Gasteiger partial charge in [-0.15, -0.1) is 5.16 Å². The first-order valence-corrected chi connectivity index (χ1v) is 13.9. The highest BCUT2D eigenvalue weighted by atomic mass is 16.4. The lowest BCUT2D eigenvalue weighted by Crippen LogP contribution is -2.66. The summed E-state index contributed by atoms with van der Waals surface area (Å²) < 4.78 is 0. The van der Waals surface area contributed by atoms with E-state index in [1.54, 1.807) is 0 Å². The van der Waals surface area contributed by atoms with Gasteiger partial charge in [-0.25, -0.2) is 0 Å². The highest BCUT2D eigenvalue weighted by Crippen LogP contribution is 2.77. The summed E-state index contributed by atoms with van der Waals surface area (Å²) in [5, 5.41) is 24.2. The zero-order valence-corrected chi connectivity index (χ0v) is 22.2. The molecule has 0 amide bonds. The van der Waals surface area contributed by atoms with E-state index >= 15 is 0 Å². The average Bonchev–Trinajstić information content (AvgIpc) is 3.12. The first-order valence-electron chi connectivity index (χ1n) is 13.9. The summed E-state index contributed by atoms with van der Waals surface area (Å²) in [5.74, 6) is 3.16. The number of fused-ring (bicyclic) bond motifs is 7. The van der Waals surface area contributed by atoms with E-state index in [2.05, 4.69) is 53.3 Å². The largest absolute Gasteiger partial charge is 0.411 e. The number of aliphatic hydroxyl groups is 1. The average molecular weight is 456 g/mol. The standard InChI is InChI=1S/C30H49NO2/c1-19(2)20-10-15-30(18-31-33)17-16-28(6)21(25(20)30)8-9-23-27(5)13-12-24(32)26(3,4)22(27)11-14-29(23,28)7/h18,20-25,32-33H,1,8-17H2,2-7H3/b31-18+/t20?,21?,22?,23?,24?,25?,27-,28+,29+,30?/m0/s1. The first-order chi connectivity index (χ1) is 15.4. The van der Waals surface area contributed by atoms with Gasteiger partial charge in [-0.1, -0.05) is 46.8 Å². The maximum atomic E-state index is 10.9. The minimum absolute atomic E-state index is 0.0158.